The Balaban J connectivity index is 1.84. The van der Waals surface area contributed by atoms with Gasteiger partial charge in [0.2, 0.25) is 0 Å². The summed E-state index contributed by atoms with van der Waals surface area (Å²) in [6.07, 6.45) is -1.53. The number of aryl methyl sites for hydroxylation is 1. The van der Waals surface area contributed by atoms with E-state index in [-0.39, 0.29) is 18.9 Å². The molecule has 0 saturated heterocycles. The van der Waals surface area contributed by atoms with Crippen LogP contribution >= 0.6 is 11.3 Å². The molecule has 2 unspecified atom stereocenters. The van der Waals surface area contributed by atoms with Crippen LogP contribution < -0.4 is 10.6 Å². The molecule has 0 amide bonds. The fraction of sp³-hybridized carbons (Fsp3) is 0.733. The van der Waals surface area contributed by atoms with Crippen molar-refractivity contribution in [3.63, 3.8) is 0 Å². The first-order valence-electron chi connectivity index (χ1n) is 7.89. The normalized spacial score (nSPS) is 22.9. The molecule has 4 nitrogen and oxygen atoms in total. The number of alkyl halides is 3. The fourth-order valence-electron chi connectivity index (χ4n) is 2.77. The Kier molecular flexibility index (Phi) is 6.26. The van der Waals surface area contributed by atoms with Crippen LogP contribution in [-0.2, 0) is 13.0 Å². The molecule has 0 aliphatic heterocycles. The number of aromatic nitrogens is 1. The lowest BCUT2D eigenvalue weighted by molar-refractivity contribution is -0.183. The van der Waals surface area contributed by atoms with Gasteiger partial charge in [-0.2, -0.15) is 13.2 Å². The largest absolute Gasteiger partial charge is 0.391 e. The van der Waals surface area contributed by atoms with Gasteiger partial charge in [-0.05, 0) is 25.7 Å². The van der Waals surface area contributed by atoms with Crippen molar-refractivity contribution in [2.24, 2.45) is 10.9 Å². The van der Waals surface area contributed by atoms with Crippen LogP contribution in [0, 0.1) is 5.92 Å². The van der Waals surface area contributed by atoms with Crippen LogP contribution in [0.3, 0.4) is 0 Å². The molecule has 23 heavy (non-hydrogen) atoms. The van der Waals surface area contributed by atoms with Gasteiger partial charge >= 0.3 is 6.18 Å². The van der Waals surface area contributed by atoms with Gasteiger partial charge in [-0.25, -0.2) is 4.98 Å². The molecule has 8 heteroatoms. The molecule has 1 aromatic heterocycles. The Bertz CT molecular complexity index is 527. The molecule has 1 saturated carbocycles. The number of hydrogen-bond acceptors (Lipinski definition) is 3. The van der Waals surface area contributed by atoms with E-state index in [1.54, 1.807) is 18.4 Å². The highest BCUT2D eigenvalue weighted by Gasteiger charge is 2.42. The summed E-state index contributed by atoms with van der Waals surface area (Å²) in [5, 5.41) is 9.30. The lowest BCUT2D eigenvalue weighted by atomic mass is 9.85. The number of aliphatic imine (C=N–C) groups is 1. The van der Waals surface area contributed by atoms with Crippen LogP contribution in [0.1, 0.15) is 43.3 Å². The lowest BCUT2D eigenvalue weighted by Gasteiger charge is -2.31. The summed E-state index contributed by atoms with van der Waals surface area (Å²) in [6, 6.07) is -0.191. The smallest absolute Gasteiger partial charge is 0.354 e. The molecule has 1 fully saturated rings. The van der Waals surface area contributed by atoms with Crippen LogP contribution in [0.4, 0.5) is 13.2 Å². The maximum absolute atomic E-state index is 12.9. The van der Waals surface area contributed by atoms with Gasteiger partial charge in [0.05, 0.1) is 23.2 Å². The molecule has 0 aromatic carbocycles. The van der Waals surface area contributed by atoms with Gasteiger partial charge in [0.15, 0.2) is 5.96 Å². The third-order valence-electron chi connectivity index (χ3n) is 4.04. The van der Waals surface area contributed by atoms with Gasteiger partial charge in [0.1, 0.15) is 0 Å². The second-order valence-electron chi connectivity index (χ2n) is 5.76. The summed E-state index contributed by atoms with van der Waals surface area (Å²) < 4.78 is 38.6. The summed E-state index contributed by atoms with van der Waals surface area (Å²) >= 11 is 1.61. The van der Waals surface area contributed by atoms with Gasteiger partial charge in [0, 0.05) is 18.5 Å². The van der Waals surface area contributed by atoms with Crippen LogP contribution in [0.2, 0.25) is 0 Å². The molecular formula is C15H23F3N4S. The van der Waals surface area contributed by atoms with Crippen molar-refractivity contribution in [2.45, 2.75) is 57.8 Å². The molecule has 1 aliphatic rings. The zero-order valence-corrected chi connectivity index (χ0v) is 14.2. The topological polar surface area (TPSA) is 49.3 Å². The average Bonchev–Trinajstić information content (AvgIpc) is 2.99. The Morgan fingerprint density at radius 1 is 1.43 bits per heavy atom. The van der Waals surface area contributed by atoms with E-state index in [4.69, 9.17) is 0 Å². The standard InChI is InChI=1S/C15H23F3N4S/c1-3-13-21-12(9-23-13)8-20-14(19-2)22-11-6-4-5-10(7-11)15(16,17)18/h9-11H,3-8H2,1-2H3,(H2,19,20,22). The van der Waals surface area contributed by atoms with Crippen molar-refractivity contribution in [1.82, 2.24) is 15.6 Å². The maximum Gasteiger partial charge on any atom is 0.391 e. The summed E-state index contributed by atoms with van der Waals surface area (Å²) in [5.41, 5.74) is 0.923. The average molecular weight is 348 g/mol. The van der Waals surface area contributed by atoms with Crippen LogP contribution in [0.25, 0.3) is 0 Å². The van der Waals surface area contributed by atoms with Crippen molar-refractivity contribution in [2.75, 3.05) is 7.05 Å². The van der Waals surface area contributed by atoms with E-state index in [1.165, 1.54) is 0 Å². The number of rotatable bonds is 4. The Labute approximate surface area is 138 Å². The van der Waals surface area contributed by atoms with Gasteiger partial charge in [-0.1, -0.05) is 13.3 Å². The minimum atomic E-state index is -4.10. The predicted octanol–water partition coefficient (Wildman–Crippen LogP) is 3.49. The monoisotopic (exact) mass is 348 g/mol. The molecule has 0 spiro atoms. The van der Waals surface area contributed by atoms with E-state index in [0.717, 1.165) is 23.5 Å². The van der Waals surface area contributed by atoms with Gasteiger partial charge in [-0.15, -0.1) is 11.3 Å². The predicted molar refractivity (Wildman–Crippen MR) is 86.6 cm³/mol. The first-order valence-corrected chi connectivity index (χ1v) is 8.77. The number of thiazole rings is 1. The lowest BCUT2D eigenvalue weighted by Crippen LogP contribution is -2.46. The third kappa shape index (κ3) is 5.37. The number of hydrogen-bond donors (Lipinski definition) is 2. The molecule has 1 aliphatic carbocycles. The van der Waals surface area contributed by atoms with E-state index in [0.29, 0.717) is 18.9 Å². The number of guanidine groups is 1. The fourth-order valence-corrected chi connectivity index (χ4v) is 3.52. The van der Waals surface area contributed by atoms with Crippen LogP contribution in [-0.4, -0.2) is 30.2 Å². The van der Waals surface area contributed by atoms with Gasteiger partial charge in [-0.3, -0.25) is 4.99 Å². The number of nitrogens with zero attached hydrogens (tertiary/aromatic N) is 2. The van der Waals surface area contributed by atoms with Gasteiger partial charge in [0.25, 0.3) is 0 Å². The Morgan fingerprint density at radius 2 is 2.22 bits per heavy atom. The Morgan fingerprint density at radius 3 is 2.83 bits per heavy atom. The minimum Gasteiger partial charge on any atom is -0.354 e. The van der Waals surface area contributed by atoms with E-state index in [9.17, 15) is 13.2 Å². The van der Waals surface area contributed by atoms with E-state index in [2.05, 4.69) is 27.5 Å². The first-order chi connectivity index (χ1) is 10.9. The molecule has 0 radical (unpaired) electrons. The summed E-state index contributed by atoms with van der Waals surface area (Å²) in [6.45, 7) is 2.57. The first kappa shape index (κ1) is 18.0. The molecular weight excluding hydrogens is 325 g/mol. The second-order valence-corrected chi connectivity index (χ2v) is 6.70. The van der Waals surface area contributed by atoms with Crippen molar-refractivity contribution in [1.29, 1.82) is 0 Å². The second kappa shape index (κ2) is 7.99. The molecule has 2 N–H and O–H groups in total. The van der Waals surface area contributed by atoms with E-state index in [1.807, 2.05) is 5.38 Å². The summed E-state index contributed by atoms with van der Waals surface area (Å²) in [4.78, 5) is 8.55. The molecule has 1 heterocycles. The summed E-state index contributed by atoms with van der Waals surface area (Å²) in [7, 11) is 1.62. The van der Waals surface area contributed by atoms with Crippen molar-refractivity contribution in [3.05, 3.63) is 16.1 Å². The molecule has 0 bridgehead atoms. The highest BCUT2D eigenvalue weighted by molar-refractivity contribution is 7.09. The van der Waals surface area contributed by atoms with Crippen LogP contribution in [0.15, 0.2) is 10.4 Å². The number of nitrogens with one attached hydrogen (secondary N) is 2. The highest BCUT2D eigenvalue weighted by Crippen LogP contribution is 2.37. The molecule has 2 rings (SSSR count). The Hall–Kier alpha value is -1.31. The van der Waals surface area contributed by atoms with Gasteiger partial charge < -0.3 is 10.6 Å². The van der Waals surface area contributed by atoms with E-state index < -0.39 is 12.1 Å². The van der Waals surface area contributed by atoms with E-state index >= 15 is 0 Å². The quantitative estimate of drug-likeness (QED) is 0.647. The van der Waals surface area contributed by atoms with Crippen LogP contribution in [0.5, 0.6) is 0 Å². The minimum absolute atomic E-state index is 0.112. The molecule has 2 atom stereocenters. The SMILES string of the molecule is CCc1nc(CNC(=NC)NC2CCCC(C(F)(F)F)C2)cs1. The van der Waals surface area contributed by atoms with Crippen molar-refractivity contribution >= 4 is 17.3 Å². The van der Waals surface area contributed by atoms with Crippen molar-refractivity contribution in [3.8, 4) is 0 Å². The summed E-state index contributed by atoms with van der Waals surface area (Å²) in [5.74, 6) is -0.679. The maximum atomic E-state index is 12.9. The third-order valence-corrected chi connectivity index (χ3v) is 5.08. The zero-order valence-electron chi connectivity index (χ0n) is 13.4. The molecule has 1 aromatic rings. The highest BCUT2D eigenvalue weighted by atomic mass is 32.1. The zero-order chi connectivity index (χ0) is 16.9. The number of halogens is 3. The molecule has 130 valence electrons. The van der Waals surface area contributed by atoms with Crippen molar-refractivity contribution < 1.29 is 13.2 Å².